The number of ether oxygens (including phenoxy) is 1. The molecule has 0 aromatic heterocycles. The predicted molar refractivity (Wildman–Crippen MR) is 74.4 cm³/mol. The summed E-state index contributed by atoms with van der Waals surface area (Å²) in [6.45, 7) is 1.66. The molecule has 2 aromatic rings. The molecular formula is C16H14F2N2O. The Kier molecular flexibility index (Phi) is 4.51. The summed E-state index contributed by atoms with van der Waals surface area (Å²) in [6, 6.07) is 9.87. The minimum Gasteiger partial charge on any atom is -0.486 e. The summed E-state index contributed by atoms with van der Waals surface area (Å²) >= 11 is 0. The molecule has 3 nitrogen and oxygen atoms in total. The first-order chi connectivity index (χ1) is 10.0. The molecule has 2 aromatic carbocycles. The standard InChI is InChI=1S/C16H14F2N2O/c1-10(20)11-3-5-16(15(18)7-11)21-9-13-6-14(17)4-2-12(13)8-19/h2-7,10H,9,20H2,1H3/t10-/m0/s1. The molecule has 21 heavy (non-hydrogen) atoms. The van der Waals surface area contributed by atoms with Gasteiger partial charge in [0.1, 0.15) is 12.4 Å². The SMILES string of the molecule is C[C@H](N)c1ccc(OCc2cc(F)ccc2C#N)c(F)c1. The van der Waals surface area contributed by atoms with Crippen LogP contribution < -0.4 is 10.5 Å². The van der Waals surface area contributed by atoms with E-state index in [0.29, 0.717) is 16.7 Å². The summed E-state index contributed by atoms with van der Waals surface area (Å²) in [5.74, 6) is -0.979. The maximum absolute atomic E-state index is 13.9. The van der Waals surface area contributed by atoms with Crippen molar-refractivity contribution in [1.29, 1.82) is 5.26 Å². The number of hydrogen-bond donors (Lipinski definition) is 1. The molecule has 2 rings (SSSR count). The van der Waals surface area contributed by atoms with Gasteiger partial charge in [-0.25, -0.2) is 8.78 Å². The van der Waals surface area contributed by atoms with E-state index in [1.807, 2.05) is 6.07 Å². The zero-order chi connectivity index (χ0) is 15.4. The van der Waals surface area contributed by atoms with Crippen LogP contribution in [0.25, 0.3) is 0 Å². The lowest BCUT2D eigenvalue weighted by molar-refractivity contribution is 0.289. The summed E-state index contributed by atoms with van der Waals surface area (Å²) in [6.07, 6.45) is 0. The largest absolute Gasteiger partial charge is 0.486 e. The van der Waals surface area contributed by atoms with Crippen LogP contribution in [0.2, 0.25) is 0 Å². The second kappa shape index (κ2) is 6.33. The number of benzene rings is 2. The van der Waals surface area contributed by atoms with E-state index in [1.165, 1.54) is 30.3 Å². The second-order valence-electron chi connectivity index (χ2n) is 4.68. The summed E-state index contributed by atoms with van der Waals surface area (Å²) < 4.78 is 32.4. The lowest BCUT2D eigenvalue weighted by Crippen LogP contribution is -2.06. The molecule has 0 saturated carbocycles. The molecule has 0 aliphatic carbocycles. The van der Waals surface area contributed by atoms with E-state index in [9.17, 15) is 8.78 Å². The van der Waals surface area contributed by atoms with Crippen LogP contribution in [0.15, 0.2) is 36.4 Å². The van der Waals surface area contributed by atoms with Crippen LogP contribution in [0.3, 0.4) is 0 Å². The maximum Gasteiger partial charge on any atom is 0.165 e. The van der Waals surface area contributed by atoms with Gasteiger partial charge in [0, 0.05) is 11.6 Å². The fourth-order valence-corrected chi connectivity index (χ4v) is 1.86. The van der Waals surface area contributed by atoms with E-state index in [4.69, 9.17) is 15.7 Å². The lowest BCUT2D eigenvalue weighted by Gasteiger charge is -2.11. The molecule has 0 fully saturated rings. The van der Waals surface area contributed by atoms with Crippen LogP contribution in [0.1, 0.15) is 29.7 Å². The number of nitriles is 1. The molecule has 0 aliphatic heterocycles. The lowest BCUT2D eigenvalue weighted by atomic mass is 10.1. The zero-order valence-electron chi connectivity index (χ0n) is 11.4. The monoisotopic (exact) mass is 288 g/mol. The average molecular weight is 288 g/mol. The highest BCUT2D eigenvalue weighted by molar-refractivity contribution is 5.38. The first-order valence-corrected chi connectivity index (χ1v) is 6.37. The fraction of sp³-hybridized carbons (Fsp3) is 0.188. The van der Waals surface area contributed by atoms with Gasteiger partial charge in [0.05, 0.1) is 11.6 Å². The minimum atomic E-state index is -0.542. The quantitative estimate of drug-likeness (QED) is 0.937. The molecule has 0 bridgehead atoms. The van der Waals surface area contributed by atoms with Crippen LogP contribution in [-0.2, 0) is 6.61 Å². The van der Waals surface area contributed by atoms with E-state index in [-0.39, 0.29) is 18.4 Å². The van der Waals surface area contributed by atoms with Crippen molar-refractivity contribution in [2.24, 2.45) is 5.73 Å². The van der Waals surface area contributed by atoms with Crippen molar-refractivity contribution in [2.75, 3.05) is 0 Å². The normalized spacial score (nSPS) is 11.8. The van der Waals surface area contributed by atoms with Gasteiger partial charge in [0.2, 0.25) is 0 Å². The minimum absolute atomic E-state index is 0.0348. The highest BCUT2D eigenvalue weighted by Crippen LogP contribution is 2.22. The Morgan fingerprint density at radius 1 is 1.24 bits per heavy atom. The molecule has 0 amide bonds. The Bertz CT molecular complexity index is 693. The number of nitrogens with zero attached hydrogens (tertiary/aromatic N) is 1. The van der Waals surface area contributed by atoms with Gasteiger partial charge in [0.25, 0.3) is 0 Å². The van der Waals surface area contributed by atoms with Crippen molar-refractivity contribution in [2.45, 2.75) is 19.6 Å². The van der Waals surface area contributed by atoms with E-state index in [2.05, 4.69) is 0 Å². The first-order valence-electron chi connectivity index (χ1n) is 6.37. The fourth-order valence-electron chi connectivity index (χ4n) is 1.86. The molecule has 0 aliphatic rings. The summed E-state index contributed by atoms with van der Waals surface area (Å²) in [5.41, 5.74) is 6.99. The molecule has 2 N–H and O–H groups in total. The van der Waals surface area contributed by atoms with Crippen LogP contribution in [0.4, 0.5) is 8.78 Å². The van der Waals surface area contributed by atoms with Crippen LogP contribution in [0.5, 0.6) is 5.75 Å². The highest BCUT2D eigenvalue weighted by atomic mass is 19.1. The van der Waals surface area contributed by atoms with Crippen molar-refractivity contribution in [3.8, 4) is 11.8 Å². The summed E-state index contributed by atoms with van der Waals surface area (Å²) in [4.78, 5) is 0. The zero-order valence-corrected chi connectivity index (χ0v) is 11.4. The Balaban J connectivity index is 2.17. The van der Waals surface area contributed by atoms with Crippen molar-refractivity contribution in [3.05, 3.63) is 64.7 Å². The van der Waals surface area contributed by atoms with Gasteiger partial charge >= 0.3 is 0 Å². The van der Waals surface area contributed by atoms with Gasteiger partial charge in [0.15, 0.2) is 11.6 Å². The van der Waals surface area contributed by atoms with Gasteiger partial charge in [-0.15, -0.1) is 0 Å². The van der Waals surface area contributed by atoms with E-state index in [1.54, 1.807) is 13.0 Å². The smallest absolute Gasteiger partial charge is 0.165 e. The molecule has 0 unspecified atom stereocenters. The van der Waals surface area contributed by atoms with Gasteiger partial charge < -0.3 is 10.5 Å². The average Bonchev–Trinajstić information content (AvgIpc) is 2.46. The van der Waals surface area contributed by atoms with Gasteiger partial charge in [-0.05, 0) is 42.8 Å². The third kappa shape index (κ3) is 3.56. The number of nitrogens with two attached hydrogens (primary N) is 1. The summed E-state index contributed by atoms with van der Waals surface area (Å²) in [7, 11) is 0. The molecule has 0 spiro atoms. The summed E-state index contributed by atoms with van der Waals surface area (Å²) in [5, 5.41) is 8.94. The number of hydrogen-bond acceptors (Lipinski definition) is 3. The van der Waals surface area contributed by atoms with Gasteiger partial charge in [-0.2, -0.15) is 5.26 Å². The first kappa shape index (κ1) is 14.9. The third-order valence-electron chi connectivity index (χ3n) is 3.05. The van der Waals surface area contributed by atoms with E-state index >= 15 is 0 Å². The Labute approximate surface area is 121 Å². The van der Waals surface area contributed by atoms with E-state index < -0.39 is 11.6 Å². The molecular weight excluding hydrogens is 274 g/mol. The molecule has 1 atom stereocenters. The molecule has 108 valence electrons. The predicted octanol–water partition coefficient (Wildman–Crippen LogP) is 3.44. The van der Waals surface area contributed by atoms with Crippen LogP contribution in [0, 0.1) is 23.0 Å². The molecule has 0 radical (unpaired) electrons. The third-order valence-corrected chi connectivity index (χ3v) is 3.05. The van der Waals surface area contributed by atoms with Crippen molar-refractivity contribution in [3.63, 3.8) is 0 Å². The molecule has 0 saturated heterocycles. The Morgan fingerprint density at radius 2 is 2.00 bits per heavy atom. The topological polar surface area (TPSA) is 59.0 Å². The van der Waals surface area contributed by atoms with E-state index in [0.717, 1.165) is 0 Å². The second-order valence-corrected chi connectivity index (χ2v) is 4.68. The van der Waals surface area contributed by atoms with Crippen molar-refractivity contribution < 1.29 is 13.5 Å². The Hall–Kier alpha value is -2.45. The van der Waals surface area contributed by atoms with Crippen LogP contribution in [-0.4, -0.2) is 0 Å². The van der Waals surface area contributed by atoms with Crippen LogP contribution >= 0.6 is 0 Å². The van der Waals surface area contributed by atoms with Gasteiger partial charge in [-0.3, -0.25) is 0 Å². The highest BCUT2D eigenvalue weighted by Gasteiger charge is 2.09. The molecule has 0 heterocycles. The number of halogens is 2. The maximum atomic E-state index is 13.9. The van der Waals surface area contributed by atoms with Gasteiger partial charge in [-0.1, -0.05) is 6.07 Å². The molecule has 5 heteroatoms. The Morgan fingerprint density at radius 3 is 2.62 bits per heavy atom. The number of rotatable bonds is 4. The van der Waals surface area contributed by atoms with Crippen molar-refractivity contribution in [1.82, 2.24) is 0 Å². The van der Waals surface area contributed by atoms with Crippen molar-refractivity contribution >= 4 is 0 Å².